The van der Waals surface area contributed by atoms with Gasteiger partial charge in [-0.1, -0.05) is 94.8 Å². The lowest BCUT2D eigenvalue weighted by Gasteiger charge is -2.24. The minimum absolute atomic E-state index is 0.188. The number of rotatable bonds is 12. The van der Waals surface area contributed by atoms with Gasteiger partial charge in [0, 0.05) is 5.75 Å². The lowest BCUT2D eigenvalue weighted by atomic mass is 9.98. The van der Waals surface area contributed by atoms with E-state index in [1.165, 1.54) is 75.6 Å². The molecule has 1 fully saturated rings. The molecule has 1 saturated carbocycles. The maximum atomic E-state index is 12.3. The summed E-state index contributed by atoms with van der Waals surface area (Å²) in [6.45, 7) is 2.25. The van der Waals surface area contributed by atoms with Crippen molar-refractivity contribution in [1.29, 1.82) is 0 Å². The van der Waals surface area contributed by atoms with Crippen LogP contribution in [0.15, 0.2) is 0 Å². The third-order valence-electron chi connectivity index (χ3n) is 4.09. The van der Waals surface area contributed by atoms with E-state index in [-0.39, 0.29) is 6.10 Å². The molecule has 0 bridgehead atoms. The average Bonchev–Trinajstić information content (AvgIpc) is 2.46. The summed E-state index contributed by atoms with van der Waals surface area (Å²) < 4.78 is 18.0. The van der Waals surface area contributed by atoms with Gasteiger partial charge in [0.25, 0.3) is 0 Å². The predicted octanol–water partition coefficient (Wildman–Crippen LogP) is 7.25. The average molecular weight is 353 g/mol. The van der Waals surface area contributed by atoms with Gasteiger partial charge in [-0.2, -0.15) is 0 Å². The fraction of sp³-hybridized carbons (Fsp3) is 1.00. The van der Waals surface area contributed by atoms with Gasteiger partial charge >= 0.3 is 5.77 Å². The Labute approximate surface area is 140 Å². The highest BCUT2D eigenvalue weighted by molar-refractivity contribution is 8.84. The van der Waals surface area contributed by atoms with E-state index in [0.717, 1.165) is 25.0 Å². The third-order valence-corrected chi connectivity index (χ3v) is 8.56. The molecule has 1 aliphatic rings. The molecule has 2 nitrogen and oxygen atoms in total. The maximum absolute atomic E-state index is 12.3. The quantitative estimate of drug-likeness (QED) is 0.228. The van der Waals surface area contributed by atoms with Crippen LogP contribution in [0.3, 0.4) is 0 Å². The summed E-state index contributed by atoms with van der Waals surface area (Å²) in [5.41, 5.74) is 0. The molecule has 0 heterocycles. The zero-order chi connectivity index (χ0) is 15.4. The van der Waals surface area contributed by atoms with E-state index < -0.39 is 5.77 Å². The minimum atomic E-state index is -2.72. The molecule has 126 valence electrons. The Balaban J connectivity index is 1.96. The molecule has 0 N–H and O–H groups in total. The van der Waals surface area contributed by atoms with E-state index in [2.05, 4.69) is 19.2 Å². The molecule has 1 aliphatic carbocycles. The molecule has 1 unspecified atom stereocenters. The van der Waals surface area contributed by atoms with E-state index in [1.54, 1.807) is 0 Å². The summed E-state index contributed by atoms with van der Waals surface area (Å²) in [6.07, 6.45) is 16.5. The highest BCUT2D eigenvalue weighted by Crippen LogP contribution is 2.65. The van der Waals surface area contributed by atoms with Crippen molar-refractivity contribution in [3.63, 3.8) is 0 Å². The highest BCUT2D eigenvalue weighted by atomic mass is 33.1. The molecule has 1 atom stereocenters. The Morgan fingerprint density at radius 1 is 1.00 bits per heavy atom. The van der Waals surface area contributed by atoms with Gasteiger partial charge in [0.15, 0.2) is 0 Å². The van der Waals surface area contributed by atoms with Crippen molar-refractivity contribution in [3.05, 3.63) is 0 Å². The molecule has 0 saturated heterocycles. The lowest BCUT2D eigenvalue weighted by molar-refractivity contribution is 0.169. The molecule has 1 rings (SSSR count). The summed E-state index contributed by atoms with van der Waals surface area (Å²) >= 11 is 5.72. The van der Waals surface area contributed by atoms with Gasteiger partial charge in [-0.3, -0.25) is 4.57 Å². The smallest absolute Gasteiger partial charge is 0.310 e. The van der Waals surface area contributed by atoms with Crippen LogP contribution >= 0.6 is 29.4 Å². The first-order valence-corrected chi connectivity index (χ1v) is 13.2. The lowest BCUT2D eigenvalue weighted by Crippen LogP contribution is -2.13. The number of hydrogen-bond acceptors (Lipinski definition) is 3. The molecular formula is C16H33O2PS2. The minimum Gasteiger partial charge on any atom is -0.310 e. The van der Waals surface area contributed by atoms with Gasteiger partial charge in [0.05, 0.1) is 6.10 Å². The van der Waals surface area contributed by atoms with Gasteiger partial charge in [0.2, 0.25) is 0 Å². The van der Waals surface area contributed by atoms with Crippen LogP contribution in [0, 0.1) is 0 Å². The van der Waals surface area contributed by atoms with Crippen molar-refractivity contribution in [1.82, 2.24) is 0 Å². The Morgan fingerprint density at radius 2 is 1.57 bits per heavy atom. The van der Waals surface area contributed by atoms with Crippen molar-refractivity contribution in [2.24, 2.45) is 0 Å². The van der Waals surface area contributed by atoms with E-state index >= 15 is 0 Å². The highest BCUT2D eigenvalue weighted by Gasteiger charge is 2.25. The van der Waals surface area contributed by atoms with Crippen molar-refractivity contribution >= 4 is 29.4 Å². The molecule has 5 heteroatoms. The Hall–Kier alpha value is 0.890. The Bertz CT molecular complexity index is 294. The molecule has 21 heavy (non-hydrogen) atoms. The van der Waals surface area contributed by atoms with Crippen LogP contribution in [0.5, 0.6) is 0 Å². The summed E-state index contributed by atoms with van der Waals surface area (Å²) in [7, 11) is 0. The fourth-order valence-corrected chi connectivity index (χ4v) is 6.78. The second-order valence-corrected chi connectivity index (χ2v) is 12.6. The van der Waals surface area contributed by atoms with Crippen LogP contribution in [-0.4, -0.2) is 11.9 Å². The Kier molecular flexibility index (Phi) is 11.7. The van der Waals surface area contributed by atoms with E-state index in [0.29, 0.717) is 0 Å². The standard InChI is InChI=1S/C16H33O2PS2/c1-2-3-4-5-6-7-8-12-15-21-19(17,20)18-16-13-10-9-11-14-16/h16H,2-15H2,1H3,(H,17,20). The van der Waals surface area contributed by atoms with Crippen molar-refractivity contribution < 1.29 is 9.09 Å². The molecule has 0 aromatic rings. The van der Waals surface area contributed by atoms with Crippen molar-refractivity contribution in [2.75, 3.05) is 5.75 Å². The largest absolute Gasteiger partial charge is 0.310 e. The van der Waals surface area contributed by atoms with Crippen LogP contribution in [0.25, 0.3) is 0 Å². The number of hydrogen-bond donors (Lipinski definition) is 1. The van der Waals surface area contributed by atoms with Crippen LogP contribution in [-0.2, 0) is 9.09 Å². The van der Waals surface area contributed by atoms with Gasteiger partial charge < -0.3 is 4.52 Å². The van der Waals surface area contributed by atoms with Crippen LogP contribution in [0.1, 0.15) is 90.4 Å². The first kappa shape index (κ1) is 19.9. The van der Waals surface area contributed by atoms with Gasteiger partial charge in [0.1, 0.15) is 0 Å². The zero-order valence-corrected chi connectivity index (χ0v) is 16.2. The molecular weight excluding hydrogens is 319 g/mol. The molecule has 0 radical (unpaired) electrons. The predicted molar refractivity (Wildman–Crippen MR) is 99.6 cm³/mol. The SMILES string of the molecule is CCCCCCCCCCSP(=O)(S)OC1CCCCC1. The van der Waals surface area contributed by atoms with Gasteiger partial charge in [-0.25, -0.2) is 0 Å². The Morgan fingerprint density at radius 3 is 2.19 bits per heavy atom. The zero-order valence-electron chi connectivity index (χ0n) is 13.6. The number of thiol groups is 1. The molecule has 0 aromatic heterocycles. The first-order valence-electron chi connectivity index (χ1n) is 8.80. The molecule has 0 aliphatic heterocycles. The maximum Gasteiger partial charge on any atom is 0.310 e. The summed E-state index contributed by atoms with van der Waals surface area (Å²) in [5.74, 6) is -1.80. The third kappa shape index (κ3) is 11.1. The normalized spacial score (nSPS) is 19.5. The first-order chi connectivity index (χ1) is 10.1. The monoisotopic (exact) mass is 352 g/mol. The van der Waals surface area contributed by atoms with Crippen molar-refractivity contribution in [2.45, 2.75) is 96.5 Å². The fourth-order valence-electron chi connectivity index (χ4n) is 2.81. The summed E-state index contributed by atoms with van der Waals surface area (Å²) in [6, 6.07) is 0. The molecule has 0 amide bonds. The summed E-state index contributed by atoms with van der Waals surface area (Å²) in [5, 5.41) is 0. The van der Waals surface area contributed by atoms with Crippen LogP contribution in [0.2, 0.25) is 0 Å². The summed E-state index contributed by atoms with van der Waals surface area (Å²) in [4.78, 5) is 0. The van der Waals surface area contributed by atoms with Gasteiger partial charge in [-0.15, -0.1) is 0 Å². The van der Waals surface area contributed by atoms with E-state index in [9.17, 15) is 4.57 Å². The number of unbranched alkanes of at least 4 members (excludes halogenated alkanes) is 7. The van der Waals surface area contributed by atoms with Crippen LogP contribution in [0.4, 0.5) is 0 Å². The van der Waals surface area contributed by atoms with E-state index in [4.69, 9.17) is 4.52 Å². The molecule has 0 aromatic carbocycles. The van der Waals surface area contributed by atoms with Crippen LogP contribution < -0.4 is 0 Å². The van der Waals surface area contributed by atoms with Crippen molar-refractivity contribution in [3.8, 4) is 0 Å². The van der Waals surface area contributed by atoms with E-state index in [1.807, 2.05) is 0 Å². The second-order valence-electron chi connectivity index (χ2n) is 6.14. The molecule has 0 spiro atoms. The second kappa shape index (κ2) is 12.3. The van der Waals surface area contributed by atoms with Gasteiger partial charge in [-0.05, 0) is 19.3 Å². The topological polar surface area (TPSA) is 26.3 Å².